The Morgan fingerprint density at radius 2 is 1.67 bits per heavy atom. The molecule has 8 nitrogen and oxygen atoms in total. The number of unbranched alkanes of at least 4 members (excludes halogenated alkanes) is 1. The third-order valence-corrected chi connectivity index (χ3v) is 9.12. The molecule has 1 aromatic carbocycles. The van der Waals surface area contributed by atoms with E-state index in [1.54, 1.807) is 14.7 Å². The van der Waals surface area contributed by atoms with Crippen LogP contribution in [-0.4, -0.2) is 87.1 Å². The summed E-state index contributed by atoms with van der Waals surface area (Å²) < 4.78 is 7.00. The van der Waals surface area contributed by atoms with Crippen molar-refractivity contribution in [2.75, 3.05) is 26.2 Å². The Bertz CT molecular complexity index is 1150. The third-order valence-electron chi connectivity index (χ3n) is 9.12. The highest BCUT2D eigenvalue weighted by molar-refractivity contribution is 6.00. The summed E-state index contributed by atoms with van der Waals surface area (Å²) in [6, 6.07) is 8.36. The first-order chi connectivity index (χ1) is 18.9. The van der Waals surface area contributed by atoms with Gasteiger partial charge in [-0.05, 0) is 24.8 Å². The zero-order chi connectivity index (χ0) is 27.8. The SMILES string of the molecule is CCCCN1CC=C[C@]23O[C@@]4(CC)C=CCN(Cc5ccccc5)C(=O)[C@H]4[C@H]2C(=O)N([C@@H](CC)CO)C3C1=O. The highest BCUT2D eigenvalue weighted by Crippen LogP contribution is 2.59. The molecule has 4 heterocycles. The molecule has 6 atom stereocenters. The lowest BCUT2D eigenvalue weighted by molar-refractivity contribution is -0.157. The van der Waals surface area contributed by atoms with E-state index in [0.717, 1.165) is 18.4 Å². The third kappa shape index (κ3) is 4.32. The van der Waals surface area contributed by atoms with Gasteiger partial charge in [-0.15, -0.1) is 0 Å². The second kappa shape index (κ2) is 10.9. The first-order valence-corrected chi connectivity index (χ1v) is 14.5. The van der Waals surface area contributed by atoms with E-state index >= 15 is 0 Å². The number of likely N-dealkylation sites (tertiary alicyclic amines) is 1. The number of benzene rings is 1. The van der Waals surface area contributed by atoms with E-state index in [4.69, 9.17) is 4.74 Å². The molecule has 0 radical (unpaired) electrons. The maximum absolute atomic E-state index is 14.5. The number of rotatable bonds is 9. The Morgan fingerprint density at radius 1 is 0.949 bits per heavy atom. The molecule has 1 N–H and O–H groups in total. The summed E-state index contributed by atoms with van der Waals surface area (Å²) in [5.74, 6) is -2.22. The number of fused-ring (bicyclic) bond motifs is 2. The van der Waals surface area contributed by atoms with Crippen LogP contribution in [0, 0.1) is 11.8 Å². The minimum absolute atomic E-state index is 0.133. The van der Waals surface area contributed by atoms with Gasteiger partial charge >= 0.3 is 0 Å². The Kier molecular flexibility index (Phi) is 7.71. The molecule has 4 aliphatic heterocycles. The first kappa shape index (κ1) is 27.6. The van der Waals surface area contributed by atoms with Crippen molar-refractivity contribution in [3.8, 4) is 0 Å². The lowest BCUT2D eigenvalue weighted by Crippen LogP contribution is -2.58. The number of nitrogens with zero attached hydrogens (tertiary/aromatic N) is 3. The fraction of sp³-hybridized carbons (Fsp3) is 0.581. The van der Waals surface area contributed by atoms with E-state index in [1.807, 2.05) is 68.5 Å². The molecular formula is C31H41N3O5. The van der Waals surface area contributed by atoms with Crippen LogP contribution in [0.5, 0.6) is 0 Å². The summed E-state index contributed by atoms with van der Waals surface area (Å²) in [5, 5.41) is 10.3. The van der Waals surface area contributed by atoms with Gasteiger partial charge in [0.2, 0.25) is 17.7 Å². The first-order valence-electron chi connectivity index (χ1n) is 14.5. The number of carbonyl (C=O) groups excluding carboxylic acids is 3. The van der Waals surface area contributed by atoms with E-state index < -0.39 is 35.1 Å². The molecule has 39 heavy (non-hydrogen) atoms. The van der Waals surface area contributed by atoms with Crippen LogP contribution in [0.2, 0.25) is 0 Å². The predicted octanol–water partition coefficient (Wildman–Crippen LogP) is 2.92. The van der Waals surface area contributed by atoms with Crippen molar-refractivity contribution < 1.29 is 24.2 Å². The average Bonchev–Trinajstić information content (AvgIpc) is 3.25. The zero-order valence-corrected chi connectivity index (χ0v) is 23.3. The van der Waals surface area contributed by atoms with E-state index in [1.165, 1.54) is 0 Å². The van der Waals surface area contributed by atoms with E-state index in [-0.39, 0.29) is 24.3 Å². The normalized spacial score (nSPS) is 32.7. The van der Waals surface area contributed by atoms with Crippen LogP contribution in [0.1, 0.15) is 52.0 Å². The lowest BCUT2D eigenvalue weighted by Gasteiger charge is -2.40. The molecular weight excluding hydrogens is 494 g/mol. The average molecular weight is 536 g/mol. The summed E-state index contributed by atoms with van der Waals surface area (Å²) in [6.45, 7) is 7.56. The van der Waals surface area contributed by atoms with Gasteiger partial charge in [0.05, 0.1) is 30.1 Å². The molecule has 1 spiro atoms. The van der Waals surface area contributed by atoms with Crippen LogP contribution in [0.3, 0.4) is 0 Å². The molecule has 0 bridgehead atoms. The molecule has 0 aromatic heterocycles. The maximum Gasteiger partial charge on any atom is 0.249 e. The Morgan fingerprint density at radius 3 is 2.33 bits per heavy atom. The molecule has 5 rings (SSSR count). The van der Waals surface area contributed by atoms with Gasteiger partial charge < -0.3 is 24.5 Å². The summed E-state index contributed by atoms with van der Waals surface area (Å²) in [7, 11) is 0. The molecule has 2 fully saturated rings. The number of carbonyl (C=O) groups is 3. The summed E-state index contributed by atoms with van der Waals surface area (Å²) in [6.07, 6.45) is 10.5. The summed E-state index contributed by atoms with van der Waals surface area (Å²) >= 11 is 0. The van der Waals surface area contributed by atoms with Crippen LogP contribution in [0.15, 0.2) is 54.6 Å². The Balaban J connectivity index is 1.62. The smallest absolute Gasteiger partial charge is 0.249 e. The van der Waals surface area contributed by atoms with Gasteiger partial charge in [-0.3, -0.25) is 14.4 Å². The number of amides is 3. The summed E-state index contributed by atoms with van der Waals surface area (Å²) in [4.78, 5) is 48.2. The van der Waals surface area contributed by atoms with Crippen LogP contribution in [0.25, 0.3) is 0 Å². The lowest BCUT2D eigenvalue weighted by atomic mass is 9.73. The van der Waals surface area contributed by atoms with Crippen molar-refractivity contribution in [3.63, 3.8) is 0 Å². The fourth-order valence-electron chi connectivity index (χ4n) is 7.10. The van der Waals surface area contributed by atoms with E-state index in [2.05, 4.69) is 6.92 Å². The van der Waals surface area contributed by atoms with E-state index in [9.17, 15) is 19.5 Å². The van der Waals surface area contributed by atoms with Gasteiger partial charge in [-0.2, -0.15) is 0 Å². The van der Waals surface area contributed by atoms with E-state index in [0.29, 0.717) is 39.0 Å². The molecule has 2 saturated heterocycles. The Hall–Kier alpha value is -2.97. The topological polar surface area (TPSA) is 90.4 Å². The van der Waals surface area contributed by atoms with Gasteiger partial charge in [-0.1, -0.05) is 81.8 Å². The quantitative estimate of drug-likeness (QED) is 0.491. The minimum Gasteiger partial charge on any atom is -0.394 e. The van der Waals surface area contributed by atoms with Crippen molar-refractivity contribution in [1.82, 2.24) is 14.7 Å². The van der Waals surface area contributed by atoms with Crippen molar-refractivity contribution in [1.29, 1.82) is 0 Å². The molecule has 0 saturated carbocycles. The number of aliphatic hydroxyl groups excluding tert-OH is 1. The molecule has 8 heteroatoms. The molecule has 210 valence electrons. The van der Waals surface area contributed by atoms with Gasteiger partial charge in [0.25, 0.3) is 0 Å². The van der Waals surface area contributed by atoms with Gasteiger partial charge in [-0.25, -0.2) is 0 Å². The van der Waals surface area contributed by atoms with Gasteiger partial charge in [0.1, 0.15) is 11.6 Å². The number of aliphatic hydroxyl groups is 1. The number of hydrogen-bond donors (Lipinski definition) is 1. The van der Waals surface area contributed by atoms with Crippen molar-refractivity contribution >= 4 is 17.7 Å². The second-order valence-electron chi connectivity index (χ2n) is 11.3. The number of hydrogen-bond acceptors (Lipinski definition) is 5. The second-order valence-corrected chi connectivity index (χ2v) is 11.3. The molecule has 1 unspecified atom stereocenters. The van der Waals surface area contributed by atoms with Crippen LogP contribution >= 0.6 is 0 Å². The van der Waals surface area contributed by atoms with Crippen molar-refractivity contribution in [3.05, 3.63) is 60.2 Å². The fourth-order valence-corrected chi connectivity index (χ4v) is 7.10. The molecule has 0 aliphatic carbocycles. The maximum atomic E-state index is 14.5. The highest BCUT2D eigenvalue weighted by atomic mass is 16.5. The molecule has 1 aromatic rings. The van der Waals surface area contributed by atoms with Gasteiger partial charge in [0, 0.05) is 26.2 Å². The zero-order valence-electron chi connectivity index (χ0n) is 23.3. The minimum atomic E-state index is -1.28. The van der Waals surface area contributed by atoms with Crippen LogP contribution in [0.4, 0.5) is 0 Å². The molecule has 4 aliphatic rings. The predicted molar refractivity (Wildman–Crippen MR) is 147 cm³/mol. The van der Waals surface area contributed by atoms with Crippen LogP contribution in [-0.2, 0) is 25.7 Å². The monoisotopic (exact) mass is 535 g/mol. The van der Waals surface area contributed by atoms with Crippen molar-refractivity contribution in [2.24, 2.45) is 11.8 Å². The van der Waals surface area contributed by atoms with Crippen molar-refractivity contribution in [2.45, 2.75) is 76.3 Å². The Labute approximate surface area is 231 Å². The highest BCUT2D eigenvalue weighted by Gasteiger charge is 2.75. The number of ether oxygens (including phenoxy) is 1. The standard InChI is InChI=1S/C31H41N3O5/c1-4-7-17-32-18-12-16-31-25(28(37)34(23(5-2)21-35)26(31)29(32)38)24-27(36)33(20-22-13-9-8-10-14-22)19-11-15-30(24,6-3)39-31/h8-16,23-26,35H,4-7,17-21H2,1-3H3/t23-,24+,25-,26?,30-,31-/m0/s1. The largest absolute Gasteiger partial charge is 0.394 e. The molecule has 3 amide bonds. The van der Waals surface area contributed by atoms with Gasteiger partial charge in [0.15, 0.2) is 0 Å². The van der Waals surface area contributed by atoms with Crippen LogP contribution < -0.4 is 0 Å². The summed E-state index contributed by atoms with van der Waals surface area (Å²) in [5.41, 5.74) is -1.28.